The van der Waals surface area contributed by atoms with Crippen molar-refractivity contribution < 1.29 is 4.79 Å². The van der Waals surface area contributed by atoms with Crippen molar-refractivity contribution in [3.8, 4) is 0 Å². The molecule has 1 aliphatic heterocycles. The fourth-order valence-corrected chi connectivity index (χ4v) is 3.35. The summed E-state index contributed by atoms with van der Waals surface area (Å²) in [4.78, 5) is 12.1. The molecule has 0 fully saturated rings. The van der Waals surface area contributed by atoms with Crippen LogP contribution in [0.4, 0.5) is 5.69 Å². The SMILES string of the molecule is CCc1cn2c3c(cc(C(=O)N(C)N)cc13)NSCC2. The van der Waals surface area contributed by atoms with E-state index in [1.165, 1.54) is 11.1 Å². The average molecular weight is 290 g/mol. The summed E-state index contributed by atoms with van der Waals surface area (Å²) >= 11 is 1.67. The van der Waals surface area contributed by atoms with E-state index in [4.69, 9.17) is 5.84 Å². The molecule has 20 heavy (non-hydrogen) atoms. The third-order valence-electron chi connectivity index (χ3n) is 3.62. The van der Waals surface area contributed by atoms with Crippen molar-refractivity contribution in [1.29, 1.82) is 0 Å². The Bertz CT molecular complexity index is 677. The van der Waals surface area contributed by atoms with E-state index in [9.17, 15) is 4.79 Å². The molecule has 2 heterocycles. The van der Waals surface area contributed by atoms with Crippen LogP contribution in [-0.2, 0) is 13.0 Å². The summed E-state index contributed by atoms with van der Waals surface area (Å²) in [6.07, 6.45) is 3.15. The number of aromatic nitrogens is 1. The maximum Gasteiger partial charge on any atom is 0.267 e. The molecule has 1 aromatic heterocycles. The van der Waals surface area contributed by atoms with E-state index >= 15 is 0 Å². The lowest BCUT2D eigenvalue weighted by atomic mass is 10.1. The topological polar surface area (TPSA) is 63.3 Å². The third kappa shape index (κ3) is 2.05. The smallest absolute Gasteiger partial charge is 0.267 e. The Morgan fingerprint density at radius 1 is 1.55 bits per heavy atom. The first kappa shape index (κ1) is 13.3. The molecular weight excluding hydrogens is 272 g/mol. The van der Waals surface area contributed by atoms with E-state index in [1.54, 1.807) is 19.0 Å². The molecule has 1 amide bonds. The molecule has 0 unspecified atom stereocenters. The van der Waals surface area contributed by atoms with Crippen molar-refractivity contribution in [2.45, 2.75) is 19.9 Å². The Morgan fingerprint density at radius 2 is 2.35 bits per heavy atom. The van der Waals surface area contributed by atoms with Gasteiger partial charge in [-0.25, -0.2) is 5.84 Å². The number of aryl methyl sites for hydroxylation is 2. The van der Waals surface area contributed by atoms with Crippen LogP contribution in [0.3, 0.4) is 0 Å². The highest BCUT2D eigenvalue weighted by atomic mass is 32.2. The largest absolute Gasteiger partial charge is 0.345 e. The van der Waals surface area contributed by atoms with Crippen molar-refractivity contribution >= 4 is 34.4 Å². The van der Waals surface area contributed by atoms with Crippen LogP contribution in [0.2, 0.25) is 0 Å². The molecule has 1 aromatic carbocycles. The molecular formula is C14H18N4OS. The summed E-state index contributed by atoms with van der Waals surface area (Å²) in [5, 5.41) is 2.27. The molecule has 106 valence electrons. The number of nitrogens with zero attached hydrogens (tertiary/aromatic N) is 2. The number of hydrogen-bond acceptors (Lipinski definition) is 4. The summed E-state index contributed by atoms with van der Waals surface area (Å²) < 4.78 is 5.62. The number of carbonyl (C=O) groups is 1. The number of rotatable bonds is 2. The molecule has 3 rings (SSSR count). The summed E-state index contributed by atoms with van der Waals surface area (Å²) in [6, 6.07) is 3.85. The second kappa shape index (κ2) is 5.03. The van der Waals surface area contributed by atoms with Gasteiger partial charge in [0.15, 0.2) is 0 Å². The molecule has 0 spiro atoms. The zero-order valence-corrected chi connectivity index (χ0v) is 12.5. The van der Waals surface area contributed by atoms with Gasteiger partial charge in [0.2, 0.25) is 0 Å². The fraction of sp³-hybridized carbons (Fsp3) is 0.357. The van der Waals surface area contributed by atoms with Gasteiger partial charge in [-0.2, -0.15) is 0 Å². The first-order chi connectivity index (χ1) is 9.61. The first-order valence-electron chi connectivity index (χ1n) is 6.68. The van der Waals surface area contributed by atoms with Crippen LogP contribution in [0, 0.1) is 0 Å². The number of benzene rings is 1. The summed E-state index contributed by atoms with van der Waals surface area (Å²) in [6.45, 7) is 3.11. The molecule has 6 heteroatoms. The van der Waals surface area contributed by atoms with Crippen LogP contribution < -0.4 is 10.6 Å². The van der Waals surface area contributed by atoms with Crippen molar-refractivity contribution in [3.05, 3.63) is 29.5 Å². The number of amides is 1. The molecule has 3 N–H and O–H groups in total. The van der Waals surface area contributed by atoms with Gasteiger partial charge in [-0.05, 0) is 24.1 Å². The van der Waals surface area contributed by atoms with E-state index in [2.05, 4.69) is 22.4 Å². The predicted molar refractivity (Wildman–Crippen MR) is 83.7 cm³/mol. The highest BCUT2D eigenvalue weighted by molar-refractivity contribution is 8.00. The molecule has 0 saturated heterocycles. The molecule has 0 bridgehead atoms. The average Bonchev–Trinajstić information content (AvgIpc) is 2.67. The first-order valence-corrected chi connectivity index (χ1v) is 7.66. The summed E-state index contributed by atoms with van der Waals surface area (Å²) in [5.41, 5.74) is 4.07. The van der Waals surface area contributed by atoms with E-state index in [-0.39, 0.29) is 5.91 Å². The van der Waals surface area contributed by atoms with Gasteiger partial charge < -0.3 is 9.29 Å². The van der Waals surface area contributed by atoms with E-state index < -0.39 is 0 Å². The van der Waals surface area contributed by atoms with Crippen LogP contribution in [0.5, 0.6) is 0 Å². The standard InChI is InChI=1S/C14H18N4OS/c1-3-9-8-18-4-5-20-16-12-7-10(14(19)17(2)15)6-11(9)13(12)18/h6-8,16H,3-5,15H2,1-2H3. The number of hydrogen-bond donors (Lipinski definition) is 2. The summed E-state index contributed by atoms with van der Waals surface area (Å²) in [5.74, 6) is 6.41. The monoisotopic (exact) mass is 290 g/mol. The second-order valence-corrected chi connectivity index (χ2v) is 5.89. The van der Waals surface area contributed by atoms with Crippen LogP contribution in [-0.4, -0.2) is 28.3 Å². The summed E-state index contributed by atoms with van der Waals surface area (Å²) in [7, 11) is 1.57. The zero-order chi connectivity index (χ0) is 14.3. The van der Waals surface area contributed by atoms with Crippen LogP contribution in [0.1, 0.15) is 22.8 Å². The highest BCUT2D eigenvalue weighted by Gasteiger charge is 2.19. The van der Waals surface area contributed by atoms with Gasteiger partial charge in [0.25, 0.3) is 5.91 Å². The van der Waals surface area contributed by atoms with Crippen molar-refractivity contribution in [3.63, 3.8) is 0 Å². The Hall–Kier alpha value is -1.66. The number of anilines is 1. The normalized spacial score (nSPS) is 13.9. The van der Waals surface area contributed by atoms with Gasteiger partial charge in [-0.1, -0.05) is 18.9 Å². The second-order valence-electron chi connectivity index (χ2n) is 4.99. The van der Waals surface area contributed by atoms with Gasteiger partial charge in [0.1, 0.15) is 0 Å². The minimum absolute atomic E-state index is 0.172. The number of carbonyl (C=O) groups excluding carboxylic acids is 1. The number of nitrogens with two attached hydrogens (primary N) is 1. The van der Waals surface area contributed by atoms with E-state index in [0.29, 0.717) is 5.56 Å². The van der Waals surface area contributed by atoms with Gasteiger partial charge in [0, 0.05) is 36.5 Å². The Labute approximate surface area is 122 Å². The molecule has 0 aliphatic carbocycles. The van der Waals surface area contributed by atoms with Gasteiger partial charge in [0.05, 0.1) is 11.2 Å². The van der Waals surface area contributed by atoms with Crippen molar-refractivity contribution in [2.75, 3.05) is 17.5 Å². The van der Waals surface area contributed by atoms with E-state index in [1.807, 2.05) is 12.1 Å². The maximum atomic E-state index is 12.1. The molecule has 0 radical (unpaired) electrons. The lowest BCUT2D eigenvalue weighted by Crippen LogP contribution is -2.33. The minimum atomic E-state index is -0.172. The molecule has 2 aromatic rings. The number of hydrazine groups is 1. The Balaban J connectivity index is 2.26. The quantitative estimate of drug-likeness (QED) is 0.385. The maximum absolute atomic E-state index is 12.1. The fourth-order valence-electron chi connectivity index (χ4n) is 2.65. The van der Waals surface area contributed by atoms with Gasteiger partial charge in [-0.3, -0.25) is 9.80 Å². The number of nitrogens with one attached hydrogen (secondary N) is 1. The molecule has 0 atom stereocenters. The molecule has 5 nitrogen and oxygen atoms in total. The van der Waals surface area contributed by atoms with Crippen LogP contribution >= 0.6 is 11.9 Å². The van der Waals surface area contributed by atoms with Crippen LogP contribution in [0.25, 0.3) is 10.9 Å². The lowest BCUT2D eigenvalue weighted by Gasteiger charge is -2.12. The van der Waals surface area contributed by atoms with Gasteiger partial charge >= 0.3 is 0 Å². The minimum Gasteiger partial charge on any atom is -0.345 e. The van der Waals surface area contributed by atoms with E-state index in [0.717, 1.165) is 34.8 Å². The molecule has 0 saturated carbocycles. The Morgan fingerprint density at radius 3 is 3.05 bits per heavy atom. The van der Waals surface area contributed by atoms with Crippen LogP contribution in [0.15, 0.2) is 18.3 Å². The lowest BCUT2D eigenvalue weighted by molar-refractivity contribution is 0.0795. The highest BCUT2D eigenvalue weighted by Crippen LogP contribution is 2.34. The predicted octanol–water partition coefficient (Wildman–Crippen LogP) is 2.22. The van der Waals surface area contributed by atoms with Crippen molar-refractivity contribution in [2.24, 2.45) is 5.84 Å². The zero-order valence-electron chi connectivity index (χ0n) is 11.6. The van der Waals surface area contributed by atoms with Gasteiger partial charge in [-0.15, -0.1) is 0 Å². The Kier molecular flexibility index (Phi) is 3.35. The van der Waals surface area contributed by atoms with Crippen molar-refractivity contribution in [1.82, 2.24) is 9.58 Å². The molecule has 1 aliphatic rings. The third-order valence-corrected chi connectivity index (χ3v) is 4.37.